The number of hydrogen-bond donors (Lipinski definition) is 1. The van der Waals surface area contributed by atoms with Gasteiger partial charge in [0.15, 0.2) is 0 Å². The van der Waals surface area contributed by atoms with E-state index in [0.29, 0.717) is 6.54 Å². The molecule has 1 unspecified atom stereocenters. The number of hydrogen-bond acceptors (Lipinski definition) is 5. The van der Waals surface area contributed by atoms with E-state index in [1.807, 2.05) is 23.6 Å². The Balaban J connectivity index is 1.87. The van der Waals surface area contributed by atoms with Crippen LogP contribution in [0, 0.1) is 25.2 Å². The minimum atomic E-state index is -0.0793. The third-order valence-electron chi connectivity index (χ3n) is 3.68. The van der Waals surface area contributed by atoms with Gasteiger partial charge >= 0.3 is 0 Å². The van der Waals surface area contributed by atoms with Crippen molar-refractivity contribution in [2.45, 2.75) is 26.4 Å². The van der Waals surface area contributed by atoms with Crippen LogP contribution in [0.5, 0.6) is 0 Å². The van der Waals surface area contributed by atoms with E-state index in [-0.39, 0.29) is 6.04 Å². The van der Waals surface area contributed by atoms with E-state index in [1.165, 1.54) is 0 Å². The topological polar surface area (TPSA) is 69.2 Å². The van der Waals surface area contributed by atoms with Crippen LogP contribution in [-0.4, -0.2) is 44.9 Å². The standard InChI is InChI=1S/C14H18N6/c1-10-5-11(2)20-9-12(18-14(20)17-10)8-19-4-3-16-7-13(19)6-15/h5,9,13,16H,3-4,7-8H2,1-2H3. The molecule has 2 aromatic rings. The maximum absolute atomic E-state index is 9.19. The molecule has 20 heavy (non-hydrogen) atoms. The zero-order valence-electron chi connectivity index (χ0n) is 11.8. The molecule has 1 saturated heterocycles. The lowest BCUT2D eigenvalue weighted by molar-refractivity contribution is 0.187. The summed E-state index contributed by atoms with van der Waals surface area (Å²) in [5.41, 5.74) is 3.07. The van der Waals surface area contributed by atoms with Gasteiger partial charge in [0, 0.05) is 43.8 Å². The highest BCUT2D eigenvalue weighted by atomic mass is 15.2. The van der Waals surface area contributed by atoms with Crippen molar-refractivity contribution >= 4 is 5.78 Å². The van der Waals surface area contributed by atoms with Crippen LogP contribution < -0.4 is 5.32 Å². The summed E-state index contributed by atoms with van der Waals surface area (Å²) in [5, 5.41) is 12.4. The Morgan fingerprint density at radius 3 is 3.10 bits per heavy atom. The van der Waals surface area contributed by atoms with Crippen molar-refractivity contribution in [3.05, 3.63) is 29.3 Å². The second kappa shape index (κ2) is 5.19. The SMILES string of the molecule is Cc1cc(C)n2cc(CN3CCNCC3C#N)nc2n1. The van der Waals surface area contributed by atoms with Gasteiger partial charge in [0.1, 0.15) is 6.04 Å². The third-order valence-corrected chi connectivity index (χ3v) is 3.68. The molecular formula is C14H18N6. The van der Waals surface area contributed by atoms with Gasteiger partial charge in [-0.2, -0.15) is 5.26 Å². The average Bonchev–Trinajstić information content (AvgIpc) is 2.82. The minimum Gasteiger partial charge on any atom is -0.313 e. The quantitative estimate of drug-likeness (QED) is 0.867. The Hall–Kier alpha value is -1.97. The van der Waals surface area contributed by atoms with Crippen molar-refractivity contribution in [3.63, 3.8) is 0 Å². The number of aromatic nitrogens is 3. The normalized spacial score (nSPS) is 20.1. The summed E-state index contributed by atoms with van der Waals surface area (Å²) >= 11 is 0. The van der Waals surface area contributed by atoms with Crippen molar-refractivity contribution in [2.75, 3.05) is 19.6 Å². The van der Waals surface area contributed by atoms with Gasteiger partial charge in [-0.3, -0.25) is 9.30 Å². The molecule has 6 nitrogen and oxygen atoms in total. The van der Waals surface area contributed by atoms with Crippen LogP contribution in [0.1, 0.15) is 17.1 Å². The predicted octanol–water partition coefficient (Wildman–Crippen LogP) is 0.644. The fourth-order valence-electron chi connectivity index (χ4n) is 2.67. The molecule has 0 saturated carbocycles. The lowest BCUT2D eigenvalue weighted by Gasteiger charge is -2.31. The average molecular weight is 270 g/mol. The molecule has 1 N–H and O–H groups in total. The number of nitrogens with one attached hydrogen (secondary N) is 1. The van der Waals surface area contributed by atoms with Gasteiger partial charge in [-0.25, -0.2) is 9.97 Å². The zero-order valence-corrected chi connectivity index (χ0v) is 11.8. The lowest BCUT2D eigenvalue weighted by atomic mass is 10.2. The Bertz CT molecular complexity index is 668. The Morgan fingerprint density at radius 2 is 2.30 bits per heavy atom. The van der Waals surface area contributed by atoms with Crippen molar-refractivity contribution < 1.29 is 0 Å². The summed E-state index contributed by atoms with van der Waals surface area (Å²) in [4.78, 5) is 11.2. The highest BCUT2D eigenvalue weighted by Gasteiger charge is 2.22. The molecule has 0 radical (unpaired) electrons. The van der Waals surface area contributed by atoms with E-state index >= 15 is 0 Å². The number of nitrogens with zero attached hydrogens (tertiary/aromatic N) is 5. The fraction of sp³-hybridized carbons (Fsp3) is 0.500. The Kier molecular flexibility index (Phi) is 3.38. The first-order valence-corrected chi connectivity index (χ1v) is 6.84. The molecule has 1 aliphatic rings. The molecule has 0 aliphatic carbocycles. The smallest absolute Gasteiger partial charge is 0.234 e. The van der Waals surface area contributed by atoms with E-state index in [4.69, 9.17) is 0 Å². The molecule has 0 aromatic carbocycles. The van der Waals surface area contributed by atoms with Gasteiger partial charge < -0.3 is 5.32 Å². The van der Waals surface area contributed by atoms with Gasteiger partial charge in [-0.15, -0.1) is 0 Å². The molecule has 1 atom stereocenters. The highest BCUT2D eigenvalue weighted by Crippen LogP contribution is 2.12. The van der Waals surface area contributed by atoms with E-state index in [0.717, 1.165) is 42.5 Å². The van der Waals surface area contributed by atoms with Gasteiger partial charge in [-0.05, 0) is 19.9 Å². The molecule has 1 fully saturated rings. The van der Waals surface area contributed by atoms with Crippen LogP contribution in [0.4, 0.5) is 0 Å². The molecule has 3 rings (SSSR count). The van der Waals surface area contributed by atoms with Crippen molar-refractivity contribution in [1.29, 1.82) is 5.26 Å². The Labute approximate surface area is 118 Å². The molecule has 3 heterocycles. The number of fused-ring (bicyclic) bond motifs is 1. The number of rotatable bonds is 2. The number of piperazine rings is 1. The molecule has 104 valence electrons. The maximum atomic E-state index is 9.19. The first-order valence-electron chi connectivity index (χ1n) is 6.84. The Morgan fingerprint density at radius 1 is 1.45 bits per heavy atom. The van der Waals surface area contributed by atoms with Crippen molar-refractivity contribution in [2.24, 2.45) is 0 Å². The van der Waals surface area contributed by atoms with Crippen LogP contribution in [0.3, 0.4) is 0 Å². The third kappa shape index (κ3) is 2.38. The zero-order chi connectivity index (χ0) is 14.1. The molecule has 6 heteroatoms. The first kappa shape index (κ1) is 13.0. The monoisotopic (exact) mass is 270 g/mol. The molecule has 0 spiro atoms. The van der Waals surface area contributed by atoms with Gasteiger partial charge in [0.2, 0.25) is 5.78 Å². The van der Waals surface area contributed by atoms with Crippen LogP contribution >= 0.6 is 0 Å². The van der Waals surface area contributed by atoms with Crippen LogP contribution in [0.15, 0.2) is 12.3 Å². The van der Waals surface area contributed by atoms with Crippen LogP contribution in [0.2, 0.25) is 0 Å². The minimum absolute atomic E-state index is 0.0793. The first-order chi connectivity index (χ1) is 9.67. The van der Waals surface area contributed by atoms with Crippen LogP contribution in [-0.2, 0) is 6.54 Å². The number of nitriles is 1. The van der Waals surface area contributed by atoms with E-state index in [2.05, 4.69) is 33.2 Å². The summed E-state index contributed by atoms with van der Waals surface area (Å²) in [7, 11) is 0. The predicted molar refractivity (Wildman–Crippen MR) is 75.1 cm³/mol. The molecule has 2 aromatic heterocycles. The number of imidazole rings is 1. The van der Waals surface area contributed by atoms with Crippen molar-refractivity contribution in [1.82, 2.24) is 24.6 Å². The molecule has 0 amide bonds. The lowest BCUT2D eigenvalue weighted by Crippen LogP contribution is -2.50. The van der Waals surface area contributed by atoms with Crippen molar-refractivity contribution in [3.8, 4) is 6.07 Å². The summed E-state index contributed by atoms with van der Waals surface area (Å²) in [6, 6.07) is 4.31. The summed E-state index contributed by atoms with van der Waals surface area (Å²) in [6.45, 7) is 7.24. The van der Waals surface area contributed by atoms with Gasteiger partial charge in [-0.1, -0.05) is 0 Å². The van der Waals surface area contributed by atoms with E-state index < -0.39 is 0 Å². The van der Waals surface area contributed by atoms with E-state index in [1.54, 1.807) is 0 Å². The highest BCUT2D eigenvalue weighted by molar-refractivity contribution is 5.34. The summed E-state index contributed by atoms with van der Waals surface area (Å²) < 4.78 is 2.01. The molecule has 1 aliphatic heterocycles. The van der Waals surface area contributed by atoms with Gasteiger partial charge in [0.25, 0.3) is 0 Å². The molecular weight excluding hydrogens is 252 g/mol. The summed E-state index contributed by atoms with van der Waals surface area (Å²) in [5.74, 6) is 0.737. The molecule has 0 bridgehead atoms. The maximum Gasteiger partial charge on any atom is 0.234 e. The van der Waals surface area contributed by atoms with E-state index in [9.17, 15) is 5.26 Å². The second-order valence-electron chi connectivity index (χ2n) is 5.26. The largest absolute Gasteiger partial charge is 0.313 e. The van der Waals surface area contributed by atoms with Crippen LogP contribution in [0.25, 0.3) is 5.78 Å². The van der Waals surface area contributed by atoms with Gasteiger partial charge in [0.05, 0.1) is 11.8 Å². The fourth-order valence-corrected chi connectivity index (χ4v) is 2.67. The second-order valence-corrected chi connectivity index (χ2v) is 5.26. The number of aryl methyl sites for hydroxylation is 2. The summed E-state index contributed by atoms with van der Waals surface area (Å²) in [6.07, 6.45) is 2.02.